The first-order valence-electron chi connectivity index (χ1n) is 7.39. The number of rotatable bonds is 5. The minimum absolute atomic E-state index is 1.57. The van der Waals surface area contributed by atoms with E-state index in [0.717, 1.165) is 0 Å². The van der Waals surface area contributed by atoms with Crippen LogP contribution in [0.15, 0.2) is 61.4 Å². The van der Waals surface area contributed by atoms with E-state index in [1.54, 1.807) is 0 Å². The Labute approximate surface area is 135 Å². The van der Waals surface area contributed by atoms with Crippen LogP contribution in [0.4, 0.5) is 0 Å². The summed E-state index contributed by atoms with van der Waals surface area (Å²) < 4.78 is 6.98. The van der Waals surface area contributed by atoms with Gasteiger partial charge in [0.25, 0.3) is 0 Å². The second-order valence-corrected chi connectivity index (χ2v) is 51.1. The van der Waals surface area contributed by atoms with Crippen LogP contribution < -0.4 is 0 Å². The third-order valence-corrected chi connectivity index (χ3v) is 86.4. The highest BCUT2D eigenvalue weighted by Crippen LogP contribution is 2.48. The monoisotopic (exact) mass is 366 g/mol. The molecule has 1 saturated heterocycles. The highest BCUT2D eigenvalue weighted by molar-refractivity contribution is 7.97. The average molecular weight is 367 g/mol. The van der Waals surface area contributed by atoms with E-state index < -0.39 is 37.0 Å². The molecule has 1 heterocycles. The van der Waals surface area contributed by atoms with E-state index >= 15 is 0 Å². The zero-order chi connectivity index (χ0) is 16.7. The Morgan fingerprint density at radius 2 is 1.10 bits per heavy atom. The molecule has 116 valence electrons. The lowest BCUT2D eigenvalue weighted by molar-refractivity contribution is 0.593. The molecular weight excluding hydrogens is 337 g/mol. The Balaban J connectivity index is 3.96. The SMILES string of the molecule is C=C[Si]1(C=C)O[Si](C)(C)[Si](C)(C)[Si](C)(C=C)[Si]1(C=C)C=C. The molecule has 0 aromatic rings. The van der Waals surface area contributed by atoms with Crippen molar-refractivity contribution in [3.05, 3.63) is 61.4 Å². The second kappa shape index (κ2) is 5.43. The standard InChI is InChI=1S/C15H30OSi5/c1-11-19(10)18(8,9)17(6,7)16-20(12-2,13-3)21(19,14-4)15-5/h11-15H,1-5H2,6-10H3. The van der Waals surface area contributed by atoms with E-state index in [-0.39, 0.29) is 0 Å². The van der Waals surface area contributed by atoms with Crippen LogP contribution in [-0.2, 0) is 4.12 Å². The maximum Gasteiger partial charge on any atom is 0.220 e. The van der Waals surface area contributed by atoms with E-state index in [2.05, 4.69) is 94.1 Å². The molecule has 1 fully saturated rings. The summed E-state index contributed by atoms with van der Waals surface area (Å²) >= 11 is 0. The molecule has 0 amide bonds. The van der Waals surface area contributed by atoms with Crippen LogP contribution in [0.3, 0.4) is 0 Å². The van der Waals surface area contributed by atoms with Crippen molar-refractivity contribution < 1.29 is 4.12 Å². The Morgan fingerprint density at radius 3 is 1.38 bits per heavy atom. The van der Waals surface area contributed by atoms with Gasteiger partial charge in [-0.1, -0.05) is 42.4 Å². The molecule has 1 aliphatic rings. The van der Waals surface area contributed by atoms with Crippen molar-refractivity contribution in [3.63, 3.8) is 0 Å². The minimum atomic E-state index is -2.27. The van der Waals surface area contributed by atoms with E-state index in [1.807, 2.05) is 0 Å². The van der Waals surface area contributed by atoms with Gasteiger partial charge in [-0.05, 0) is 13.1 Å². The lowest BCUT2D eigenvalue weighted by Crippen LogP contribution is -2.93. The van der Waals surface area contributed by atoms with Gasteiger partial charge in [0.05, 0.1) is 14.2 Å². The number of hydrogen-bond acceptors (Lipinski definition) is 1. The summed E-state index contributed by atoms with van der Waals surface area (Å²) in [5, 5.41) is 0. The van der Waals surface area contributed by atoms with Crippen LogP contribution in [-0.4, -0.2) is 37.0 Å². The Bertz CT molecular complexity index is 492. The van der Waals surface area contributed by atoms with E-state index in [1.165, 1.54) is 0 Å². The molecule has 0 radical (unpaired) electrons. The Morgan fingerprint density at radius 1 is 0.667 bits per heavy atom. The molecule has 1 aliphatic heterocycles. The van der Waals surface area contributed by atoms with E-state index in [0.29, 0.717) is 0 Å². The van der Waals surface area contributed by atoms with Gasteiger partial charge in [0.15, 0.2) is 7.83 Å². The third kappa shape index (κ3) is 1.93. The average Bonchev–Trinajstić information content (AvgIpc) is 2.45. The van der Waals surface area contributed by atoms with Crippen molar-refractivity contribution in [1.82, 2.24) is 0 Å². The van der Waals surface area contributed by atoms with Crippen LogP contribution in [0, 0.1) is 0 Å². The quantitative estimate of drug-likeness (QED) is 0.657. The molecule has 1 unspecified atom stereocenters. The van der Waals surface area contributed by atoms with Gasteiger partial charge in [0.1, 0.15) is 7.11 Å². The maximum atomic E-state index is 6.98. The van der Waals surface area contributed by atoms with E-state index in [9.17, 15) is 0 Å². The fourth-order valence-electron chi connectivity index (χ4n) is 3.94. The van der Waals surface area contributed by atoms with Crippen molar-refractivity contribution in [2.75, 3.05) is 0 Å². The maximum absolute atomic E-state index is 6.98. The van der Waals surface area contributed by atoms with Gasteiger partial charge >= 0.3 is 0 Å². The van der Waals surface area contributed by atoms with Gasteiger partial charge in [0.2, 0.25) is 7.83 Å². The van der Waals surface area contributed by atoms with Crippen LogP contribution >= 0.6 is 0 Å². The van der Waals surface area contributed by atoms with Crippen LogP contribution in [0.2, 0.25) is 32.7 Å². The topological polar surface area (TPSA) is 9.23 Å². The molecule has 6 heteroatoms. The fourth-order valence-corrected chi connectivity index (χ4v) is 110. The summed E-state index contributed by atoms with van der Waals surface area (Å²) in [5.74, 6) is 0. The summed E-state index contributed by atoms with van der Waals surface area (Å²) in [5.41, 5.74) is 11.0. The highest BCUT2D eigenvalue weighted by atomic mass is 30.0. The molecule has 0 spiro atoms. The van der Waals surface area contributed by atoms with Gasteiger partial charge in [-0.15, -0.1) is 38.6 Å². The van der Waals surface area contributed by atoms with Crippen molar-refractivity contribution >= 4 is 37.0 Å². The second-order valence-electron chi connectivity index (χ2n) is 7.12. The summed E-state index contributed by atoms with van der Waals surface area (Å²) in [6.07, 6.45) is 0. The molecule has 0 N–H and O–H groups in total. The summed E-state index contributed by atoms with van der Waals surface area (Å²) in [4.78, 5) is 0. The molecule has 1 nitrogen and oxygen atoms in total. The Hall–Kier alpha value is -0.256. The summed E-state index contributed by atoms with van der Waals surface area (Å²) in [7, 11) is -9.47. The number of hydrogen-bond donors (Lipinski definition) is 0. The molecule has 0 aromatic heterocycles. The first-order chi connectivity index (χ1) is 9.51. The fraction of sp³-hybridized carbons (Fsp3) is 0.333. The summed E-state index contributed by atoms with van der Waals surface area (Å²) in [6.45, 7) is 33.5. The van der Waals surface area contributed by atoms with Gasteiger partial charge in [0, 0.05) is 0 Å². The van der Waals surface area contributed by atoms with Gasteiger partial charge in [-0.3, -0.25) is 0 Å². The van der Waals surface area contributed by atoms with Crippen molar-refractivity contribution in [3.8, 4) is 0 Å². The molecule has 0 aliphatic carbocycles. The van der Waals surface area contributed by atoms with Crippen LogP contribution in [0.25, 0.3) is 0 Å². The molecular formula is C15H30OSi5. The third-order valence-electron chi connectivity index (χ3n) is 6.39. The largest absolute Gasteiger partial charge is 0.454 e. The molecule has 21 heavy (non-hydrogen) atoms. The van der Waals surface area contributed by atoms with Gasteiger partial charge in [-0.2, -0.15) is 0 Å². The molecule has 1 atom stereocenters. The van der Waals surface area contributed by atoms with Crippen LogP contribution in [0.5, 0.6) is 0 Å². The zero-order valence-electron chi connectivity index (χ0n) is 14.3. The predicted molar refractivity (Wildman–Crippen MR) is 110 cm³/mol. The first-order valence-corrected chi connectivity index (χ1v) is 24.1. The lowest BCUT2D eigenvalue weighted by Gasteiger charge is -2.65. The first kappa shape index (κ1) is 18.8. The van der Waals surface area contributed by atoms with Gasteiger partial charge < -0.3 is 4.12 Å². The van der Waals surface area contributed by atoms with E-state index in [4.69, 9.17) is 4.12 Å². The smallest absolute Gasteiger partial charge is 0.220 e. The van der Waals surface area contributed by atoms with Crippen molar-refractivity contribution in [2.24, 2.45) is 0 Å². The lowest BCUT2D eigenvalue weighted by atomic mass is 11.2. The molecule has 0 bridgehead atoms. The zero-order valence-corrected chi connectivity index (χ0v) is 19.3. The molecule has 1 rings (SSSR count). The molecule has 0 saturated carbocycles. The van der Waals surface area contributed by atoms with Crippen molar-refractivity contribution in [2.45, 2.75) is 32.7 Å². The predicted octanol–water partition coefficient (Wildman–Crippen LogP) is 4.34. The van der Waals surface area contributed by atoms with Crippen LogP contribution in [0.1, 0.15) is 0 Å². The Kier molecular flexibility index (Phi) is 4.86. The van der Waals surface area contributed by atoms with Gasteiger partial charge in [-0.25, -0.2) is 0 Å². The highest BCUT2D eigenvalue weighted by Gasteiger charge is 2.74. The summed E-state index contributed by atoms with van der Waals surface area (Å²) in [6, 6.07) is 0. The normalized spacial score (nSPS) is 31.7. The minimum Gasteiger partial charge on any atom is -0.454 e. The molecule has 0 aromatic carbocycles. The van der Waals surface area contributed by atoms with Crippen molar-refractivity contribution in [1.29, 1.82) is 0 Å².